The fourth-order valence-corrected chi connectivity index (χ4v) is 3.54. The molecule has 0 spiro atoms. The van der Waals surface area contributed by atoms with Crippen LogP contribution in [0.5, 0.6) is 0 Å². The normalized spacial score (nSPS) is 11.2. The van der Waals surface area contributed by atoms with E-state index in [-0.39, 0.29) is 0 Å². The Morgan fingerprint density at radius 2 is 1.70 bits per heavy atom. The zero-order valence-electron chi connectivity index (χ0n) is 10.2. The van der Waals surface area contributed by atoms with Crippen LogP contribution in [-0.2, 0) is 6.42 Å². The molecule has 1 aromatic heterocycles. The van der Waals surface area contributed by atoms with Crippen LogP contribution in [0.15, 0.2) is 41.0 Å². The van der Waals surface area contributed by atoms with E-state index in [1.54, 1.807) is 12.1 Å². The molecule has 0 unspecified atom stereocenters. The van der Waals surface area contributed by atoms with Crippen LogP contribution >= 0.6 is 50.7 Å². The van der Waals surface area contributed by atoms with Crippen molar-refractivity contribution in [2.45, 2.75) is 6.42 Å². The first-order chi connectivity index (χ1) is 9.54. The molecule has 0 bridgehead atoms. The number of benzene rings is 2. The van der Waals surface area contributed by atoms with Crippen LogP contribution in [0.4, 0.5) is 0 Å². The minimum atomic E-state index is 0.547. The predicted molar refractivity (Wildman–Crippen MR) is 90.3 cm³/mol. The van der Waals surface area contributed by atoms with Crippen LogP contribution in [0.2, 0.25) is 15.1 Å². The Morgan fingerprint density at radius 3 is 2.40 bits per heavy atom. The van der Waals surface area contributed by atoms with Crippen LogP contribution in [0.1, 0.15) is 11.1 Å². The molecule has 0 aliphatic carbocycles. The molecule has 3 rings (SSSR count). The molecule has 0 atom stereocenters. The molecule has 0 aliphatic heterocycles. The smallest absolute Gasteiger partial charge is 0.0471 e. The molecule has 3 aromatic rings. The van der Waals surface area contributed by atoms with Gasteiger partial charge in [-0.25, -0.2) is 0 Å². The second kappa shape index (κ2) is 5.61. The number of hydrogen-bond donors (Lipinski definition) is 1. The Hall–Kier alpha value is -0.670. The summed E-state index contributed by atoms with van der Waals surface area (Å²) in [5.41, 5.74) is 3.12. The SMILES string of the molecule is Clc1cc(Cl)c(Cc2c[nH]c3ccc(Br)cc23)c(Cl)c1. The highest BCUT2D eigenvalue weighted by atomic mass is 79.9. The first kappa shape index (κ1) is 14.3. The molecule has 0 radical (unpaired) electrons. The van der Waals surface area contributed by atoms with E-state index in [1.807, 2.05) is 18.3 Å². The van der Waals surface area contributed by atoms with Gasteiger partial charge >= 0.3 is 0 Å². The Bertz CT molecular complexity index is 772. The molecule has 20 heavy (non-hydrogen) atoms. The number of nitrogens with one attached hydrogen (secondary N) is 1. The molecular formula is C15H9BrCl3N. The van der Waals surface area contributed by atoms with Gasteiger partial charge in [0.05, 0.1) is 0 Å². The zero-order valence-corrected chi connectivity index (χ0v) is 14.0. The van der Waals surface area contributed by atoms with E-state index in [9.17, 15) is 0 Å². The summed E-state index contributed by atoms with van der Waals surface area (Å²) >= 11 is 21.9. The van der Waals surface area contributed by atoms with Gasteiger partial charge in [-0.1, -0.05) is 50.7 Å². The molecule has 1 heterocycles. The Kier molecular flexibility index (Phi) is 4.00. The lowest BCUT2D eigenvalue weighted by Gasteiger charge is -2.07. The van der Waals surface area contributed by atoms with Crippen LogP contribution < -0.4 is 0 Å². The number of aromatic amines is 1. The number of aromatic nitrogens is 1. The Labute approximate surface area is 140 Å². The lowest BCUT2D eigenvalue weighted by atomic mass is 10.0. The van der Waals surface area contributed by atoms with Crippen molar-refractivity contribution in [2.24, 2.45) is 0 Å². The van der Waals surface area contributed by atoms with E-state index >= 15 is 0 Å². The van der Waals surface area contributed by atoms with Gasteiger partial charge in [0.2, 0.25) is 0 Å². The summed E-state index contributed by atoms with van der Waals surface area (Å²) in [6.45, 7) is 0. The lowest BCUT2D eigenvalue weighted by Crippen LogP contribution is -1.90. The van der Waals surface area contributed by atoms with Crippen molar-refractivity contribution in [3.05, 3.63) is 67.2 Å². The van der Waals surface area contributed by atoms with Crippen molar-refractivity contribution >= 4 is 61.6 Å². The number of halogens is 4. The summed E-state index contributed by atoms with van der Waals surface area (Å²) in [5.74, 6) is 0. The minimum Gasteiger partial charge on any atom is -0.361 e. The summed E-state index contributed by atoms with van der Waals surface area (Å²) in [5, 5.41) is 2.88. The highest BCUT2D eigenvalue weighted by Gasteiger charge is 2.11. The second-order valence-corrected chi connectivity index (χ2v) is 6.70. The van der Waals surface area contributed by atoms with Crippen molar-refractivity contribution in [3.8, 4) is 0 Å². The average Bonchev–Trinajstić information content (AvgIpc) is 2.76. The van der Waals surface area contributed by atoms with Gasteiger partial charge in [-0.05, 0) is 41.5 Å². The van der Waals surface area contributed by atoms with E-state index in [4.69, 9.17) is 34.8 Å². The molecule has 0 aliphatic rings. The van der Waals surface area contributed by atoms with Crippen molar-refractivity contribution < 1.29 is 0 Å². The molecule has 0 saturated heterocycles. The number of rotatable bonds is 2. The van der Waals surface area contributed by atoms with E-state index in [0.29, 0.717) is 21.5 Å². The van der Waals surface area contributed by atoms with Crippen molar-refractivity contribution in [2.75, 3.05) is 0 Å². The first-order valence-corrected chi connectivity index (χ1v) is 7.86. The second-order valence-electron chi connectivity index (χ2n) is 4.53. The van der Waals surface area contributed by atoms with Gasteiger partial charge in [0, 0.05) is 43.1 Å². The summed E-state index contributed by atoms with van der Waals surface area (Å²) in [6.07, 6.45) is 2.64. The van der Waals surface area contributed by atoms with E-state index < -0.39 is 0 Å². The third-order valence-electron chi connectivity index (χ3n) is 3.20. The minimum absolute atomic E-state index is 0.547. The maximum atomic E-state index is 6.25. The molecule has 1 nitrogen and oxygen atoms in total. The summed E-state index contributed by atoms with van der Waals surface area (Å²) in [7, 11) is 0. The topological polar surface area (TPSA) is 15.8 Å². The monoisotopic (exact) mass is 387 g/mol. The molecule has 0 saturated carbocycles. The largest absolute Gasteiger partial charge is 0.361 e. The van der Waals surface area contributed by atoms with Crippen LogP contribution in [0.25, 0.3) is 10.9 Å². The van der Waals surface area contributed by atoms with Gasteiger partial charge < -0.3 is 4.98 Å². The third-order valence-corrected chi connectivity index (χ3v) is 4.59. The lowest BCUT2D eigenvalue weighted by molar-refractivity contribution is 1.21. The van der Waals surface area contributed by atoms with Gasteiger partial charge in [-0.3, -0.25) is 0 Å². The molecule has 1 N–H and O–H groups in total. The third kappa shape index (κ3) is 2.71. The van der Waals surface area contributed by atoms with Gasteiger partial charge in [0.25, 0.3) is 0 Å². The maximum absolute atomic E-state index is 6.25. The summed E-state index contributed by atoms with van der Waals surface area (Å²) < 4.78 is 1.04. The standard InChI is InChI=1S/C15H9BrCl3N/c16-9-1-2-15-11(4-9)8(7-20-15)3-12-13(18)5-10(17)6-14(12)19/h1-2,4-7,20H,3H2. The van der Waals surface area contributed by atoms with Crippen molar-refractivity contribution in [1.29, 1.82) is 0 Å². The fraction of sp³-hybridized carbons (Fsp3) is 0.0667. The van der Waals surface area contributed by atoms with E-state index in [0.717, 1.165) is 26.5 Å². The molecule has 5 heteroatoms. The molecule has 2 aromatic carbocycles. The van der Waals surface area contributed by atoms with E-state index in [1.165, 1.54) is 0 Å². The number of H-pyrrole nitrogens is 1. The van der Waals surface area contributed by atoms with Gasteiger partial charge in [0.1, 0.15) is 0 Å². The Balaban J connectivity index is 2.08. The highest BCUT2D eigenvalue weighted by molar-refractivity contribution is 9.10. The molecule has 0 fully saturated rings. The molecular weight excluding hydrogens is 380 g/mol. The van der Waals surface area contributed by atoms with Crippen molar-refractivity contribution in [1.82, 2.24) is 4.98 Å². The quantitative estimate of drug-likeness (QED) is 0.516. The maximum Gasteiger partial charge on any atom is 0.0471 e. The fourth-order valence-electron chi connectivity index (χ4n) is 2.23. The van der Waals surface area contributed by atoms with E-state index in [2.05, 4.69) is 27.0 Å². The van der Waals surface area contributed by atoms with Crippen molar-refractivity contribution in [3.63, 3.8) is 0 Å². The average molecular weight is 390 g/mol. The summed E-state index contributed by atoms with van der Waals surface area (Å²) in [6, 6.07) is 9.56. The first-order valence-electron chi connectivity index (χ1n) is 5.93. The highest BCUT2D eigenvalue weighted by Crippen LogP contribution is 2.33. The van der Waals surface area contributed by atoms with Crippen LogP contribution in [-0.4, -0.2) is 4.98 Å². The van der Waals surface area contributed by atoms with Gasteiger partial charge in [-0.15, -0.1) is 0 Å². The molecule has 102 valence electrons. The van der Waals surface area contributed by atoms with Crippen LogP contribution in [0, 0.1) is 0 Å². The zero-order chi connectivity index (χ0) is 14.3. The summed E-state index contributed by atoms with van der Waals surface area (Å²) in [4.78, 5) is 3.25. The predicted octanol–water partition coefficient (Wildman–Crippen LogP) is 6.48. The number of hydrogen-bond acceptors (Lipinski definition) is 0. The molecule has 0 amide bonds. The number of fused-ring (bicyclic) bond motifs is 1. The van der Waals surface area contributed by atoms with Crippen LogP contribution in [0.3, 0.4) is 0 Å². The van der Waals surface area contributed by atoms with Gasteiger partial charge in [-0.2, -0.15) is 0 Å². The van der Waals surface area contributed by atoms with Gasteiger partial charge in [0.15, 0.2) is 0 Å². The Morgan fingerprint density at radius 1 is 1.00 bits per heavy atom.